The molecule has 1 atom stereocenters. The molecule has 2 aromatic rings. The standard InChI is InChI=1S/C33H45N3O6/c1-7-36(24-10-16-41-17-11-24)28-20-23(18-25(21(28)2)29(37)40-6)22-8-9-26-27(19-22)34-30(38)33(26)12-14-35(15-13-33)31(39)42-32(3,4)5/h8-9,18-20,24,30,34,38H,7,10-17H2,1-6H3. The van der Waals surface area contributed by atoms with Gasteiger partial charge < -0.3 is 34.4 Å². The fourth-order valence-corrected chi connectivity index (χ4v) is 6.78. The Balaban J connectivity index is 1.46. The minimum absolute atomic E-state index is 0.313. The smallest absolute Gasteiger partial charge is 0.410 e. The van der Waals surface area contributed by atoms with Gasteiger partial charge in [0.25, 0.3) is 0 Å². The van der Waals surface area contributed by atoms with Crippen LogP contribution in [-0.2, 0) is 19.6 Å². The molecule has 228 valence electrons. The van der Waals surface area contributed by atoms with Gasteiger partial charge >= 0.3 is 12.1 Å². The molecule has 3 aliphatic rings. The lowest BCUT2D eigenvalue weighted by Crippen LogP contribution is -2.51. The largest absolute Gasteiger partial charge is 0.465 e. The molecule has 0 bridgehead atoms. The summed E-state index contributed by atoms with van der Waals surface area (Å²) in [5.41, 5.74) is 5.26. The Hall–Kier alpha value is -3.30. The number of hydrogen-bond acceptors (Lipinski definition) is 8. The number of aliphatic hydroxyl groups is 1. The molecule has 2 fully saturated rings. The number of hydrogen-bond donors (Lipinski definition) is 2. The zero-order valence-corrected chi connectivity index (χ0v) is 25.8. The van der Waals surface area contributed by atoms with Crippen molar-refractivity contribution < 1.29 is 28.9 Å². The SMILES string of the molecule is CCN(c1cc(-c2ccc3c(c2)NC(O)C32CCN(C(=O)OC(C)(C)C)CC2)cc(C(=O)OC)c1C)C1CCOCC1. The molecule has 3 aliphatic heterocycles. The summed E-state index contributed by atoms with van der Waals surface area (Å²) in [6, 6.07) is 10.6. The van der Waals surface area contributed by atoms with E-state index in [-0.39, 0.29) is 12.1 Å². The Morgan fingerprint density at radius 3 is 2.43 bits per heavy atom. The first-order chi connectivity index (χ1) is 20.0. The fraction of sp³-hybridized carbons (Fsp3) is 0.576. The predicted molar refractivity (Wildman–Crippen MR) is 163 cm³/mol. The van der Waals surface area contributed by atoms with Crippen molar-refractivity contribution in [2.45, 2.75) is 83.6 Å². The highest BCUT2D eigenvalue weighted by Crippen LogP contribution is 2.48. The maximum Gasteiger partial charge on any atom is 0.410 e. The number of rotatable bonds is 5. The Morgan fingerprint density at radius 2 is 1.81 bits per heavy atom. The molecule has 42 heavy (non-hydrogen) atoms. The van der Waals surface area contributed by atoms with Gasteiger partial charge in [0.15, 0.2) is 0 Å². The molecular weight excluding hydrogens is 534 g/mol. The van der Waals surface area contributed by atoms with E-state index < -0.39 is 17.2 Å². The molecule has 3 heterocycles. The number of nitrogens with zero attached hydrogens (tertiary/aromatic N) is 2. The number of anilines is 2. The highest BCUT2D eigenvalue weighted by Gasteiger charge is 2.49. The van der Waals surface area contributed by atoms with Crippen LogP contribution < -0.4 is 10.2 Å². The van der Waals surface area contributed by atoms with Crippen LogP contribution in [-0.4, -0.2) is 79.9 Å². The fourth-order valence-electron chi connectivity index (χ4n) is 6.78. The number of nitrogens with one attached hydrogen (secondary N) is 1. The van der Waals surface area contributed by atoms with Crippen molar-refractivity contribution in [1.82, 2.24) is 4.90 Å². The summed E-state index contributed by atoms with van der Waals surface area (Å²) in [4.78, 5) is 29.7. The van der Waals surface area contributed by atoms with E-state index in [4.69, 9.17) is 14.2 Å². The summed E-state index contributed by atoms with van der Waals surface area (Å²) in [6.45, 7) is 13.0. The van der Waals surface area contributed by atoms with Gasteiger partial charge in [0.1, 0.15) is 11.8 Å². The molecular formula is C33H45N3O6. The quantitative estimate of drug-likeness (QED) is 0.450. The Bertz CT molecular complexity index is 1320. The first kappa shape index (κ1) is 30.2. The minimum Gasteiger partial charge on any atom is -0.465 e. The molecule has 0 aliphatic carbocycles. The van der Waals surface area contributed by atoms with E-state index >= 15 is 0 Å². The Morgan fingerprint density at radius 1 is 1.12 bits per heavy atom. The summed E-state index contributed by atoms with van der Waals surface area (Å²) < 4.78 is 16.4. The predicted octanol–water partition coefficient (Wildman–Crippen LogP) is 5.47. The molecule has 0 saturated carbocycles. The summed E-state index contributed by atoms with van der Waals surface area (Å²) in [7, 11) is 1.42. The molecule has 2 N–H and O–H groups in total. The second-order valence-corrected chi connectivity index (χ2v) is 12.7. The summed E-state index contributed by atoms with van der Waals surface area (Å²) in [5, 5.41) is 14.6. The van der Waals surface area contributed by atoms with Gasteiger partial charge in [-0.3, -0.25) is 0 Å². The van der Waals surface area contributed by atoms with Crippen LogP contribution in [0.3, 0.4) is 0 Å². The topological polar surface area (TPSA) is 101 Å². The lowest BCUT2D eigenvalue weighted by Gasteiger charge is -2.41. The van der Waals surface area contributed by atoms with Gasteiger partial charge in [-0.15, -0.1) is 0 Å². The van der Waals surface area contributed by atoms with Crippen molar-refractivity contribution in [2.24, 2.45) is 0 Å². The molecule has 0 aromatic heterocycles. The van der Waals surface area contributed by atoms with E-state index in [2.05, 4.69) is 41.4 Å². The van der Waals surface area contributed by atoms with Gasteiger partial charge in [0.05, 0.1) is 12.7 Å². The Labute approximate surface area is 249 Å². The average Bonchev–Trinajstić information content (AvgIpc) is 3.23. The normalized spacial score (nSPS) is 20.2. The van der Waals surface area contributed by atoms with Crippen molar-refractivity contribution in [3.05, 3.63) is 47.0 Å². The highest BCUT2D eigenvalue weighted by molar-refractivity contribution is 5.95. The molecule has 1 unspecified atom stereocenters. The van der Waals surface area contributed by atoms with E-state index in [1.165, 1.54) is 7.11 Å². The molecule has 2 aromatic carbocycles. The van der Waals surface area contributed by atoms with Gasteiger partial charge in [-0.05, 0) is 101 Å². The molecule has 2 saturated heterocycles. The third-order valence-corrected chi connectivity index (χ3v) is 9.08. The monoisotopic (exact) mass is 579 g/mol. The van der Waals surface area contributed by atoms with Crippen LogP contribution in [0.2, 0.25) is 0 Å². The van der Waals surface area contributed by atoms with E-state index in [0.717, 1.165) is 66.2 Å². The average molecular weight is 580 g/mol. The number of carbonyl (C=O) groups is 2. The molecule has 1 spiro atoms. The van der Waals surface area contributed by atoms with Crippen molar-refractivity contribution in [1.29, 1.82) is 0 Å². The summed E-state index contributed by atoms with van der Waals surface area (Å²) in [6.07, 6.45) is 2.08. The molecule has 5 rings (SSSR count). The highest BCUT2D eigenvalue weighted by atomic mass is 16.6. The van der Waals surface area contributed by atoms with Crippen LogP contribution in [0.5, 0.6) is 0 Å². The first-order valence-corrected chi connectivity index (χ1v) is 15.1. The first-order valence-electron chi connectivity index (χ1n) is 15.1. The van der Waals surface area contributed by atoms with Crippen LogP contribution in [0.4, 0.5) is 16.2 Å². The van der Waals surface area contributed by atoms with Crippen LogP contribution in [0.1, 0.15) is 74.9 Å². The van der Waals surface area contributed by atoms with E-state index in [0.29, 0.717) is 37.5 Å². The summed E-state index contributed by atoms with van der Waals surface area (Å²) >= 11 is 0. The van der Waals surface area contributed by atoms with Gasteiger partial charge in [-0.2, -0.15) is 0 Å². The van der Waals surface area contributed by atoms with Crippen molar-refractivity contribution in [2.75, 3.05) is 50.2 Å². The number of ether oxygens (including phenoxy) is 3. The van der Waals surface area contributed by atoms with Crippen molar-refractivity contribution >= 4 is 23.4 Å². The summed E-state index contributed by atoms with van der Waals surface area (Å²) in [5.74, 6) is -0.357. The third kappa shape index (κ3) is 5.69. The maximum atomic E-state index is 12.9. The molecule has 0 radical (unpaired) electrons. The van der Waals surface area contributed by atoms with Crippen LogP contribution >= 0.6 is 0 Å². The lowest BCUT2D eigenvalue weighted by molar-refractivity contribution is 0.00581. The Kier molecular flexibility index (Phi) is 8.45. The number of likely N-dealkylation sites (tertiary alicyclic amines) is 1. The van der Waals surface area contributed by atoms with Gasteiger partial charge in [-0.25, -0.2) is 9.59 Å². The molecule has 1 amide bonds. The molecule has 9 nitrogen and oxygen atoms in total. The van der Waals surface area contributed by atoms with Crippen molar-refractivity contribution in [3.63, 3.8) is 0 Å². The number of esters is 1. The van der Waals surface area contributed by atoms with E-state index in [1.807, 2.05) is 33.8 Å². The number of fused-ring (bicyclic) bond motifs is 2. The second kappa shape index (κ2) is 11.8. The van der Waals surface area contributed by atoms with Gasteiger partial charge in [-0.1, -0.05) is 12.1 Å². The number of amides is 1. The van der Waals surface area contributed by atoms with Crippen molar-refractivity contribution in [3.8, 4) is 11.1 Å². The minimum atomic E-state index is -0.758. The number of benzene rings is 2. The van der Waals surface area contributed by atoms with Crippen LogP contribution in [0.25, 0.3) is 11.1 Å². The lowest BCUT2D eigenvalue weighted by atomic mass is 9.73. The van der Waals surface area contributed by atoms with Crippen LogP contribution in [0, 0.1) is 6.92 Å². The van der Waals surface area contributed by atoms with E-state index in [1.54, 1.807) is 4.90 Å². The van der Waals surface area contributed by atoms with Crippen LogP contribution in [0.15, 0.2) is 30.3 Å². The maximum absolute atomic E-state index is 12.9. The zero-order valence-electron chi connectivity index (χ0n) is 25.8. The third-order valence-electron chi connectivity index (χ3n) is 9.08. The van der Waals surface area contributed by atoms with Gasteiger partial charge in [0, 0.05) is 55.7 Å². The zero-order chi connectivity index (χ0) is 30.2. The van der Waals surface area contributed by atoms with Gasteiger partial charge in [0.2, 0.25) is 0 Å². The number of carbonyl (C=O) groups excluding carboxylic acids is 2. The van der Waals surface area contributed by atoms with E-state index in [9.17, 15) is 14.7 Å². The number of piperidine rings is 1. The number of methoxy groups -OCH3 is 1. The second-order valence-electron chi connectivity index (χ2n) is 12.7. The molecule has 9 heteroatoms. The number of aliphatic hydroxyl groups excluding tert-OH is 1.